The van der Waals surface area contributed by atoms with Crippen LogP contribution in [0.5, 0.6) is 5.75 Å². The Hall–Kier alpha value is -2.48. The van der Waals surface area contributed by atoms with E-state index in [1.165, 1.54) is 11.3 Å². The van der Waals surface area contributed by atoms with Gasteiger partial charge in [0.15, 0.2) is 0 Å². The summed E-state index contributed by atoms with van der Waals surface area (Å²) >= 11 is 8.48. The smallest absolute Gasteiger partial charge is 0.203 e. The van der Waals surface area contributed by atoms with Crippen LogP contribution in [-0.4, -0.2) is 11.2 Å². The van der Waals surface area contributed by atoms with Crippen LogP contribution in [0.1, 0.15) is 11.1 Å². The van der Waals surface area contributed by atoms with E-state index in [4.69, 9.17) is 4.74 Å². The minimum atomic E-state index is 0.482. The van der Waals surface area contributed by atoms with Crippen LogP contribution in [0.25, 0.3) is 11.3 Å². The Morgan fingerprint density at radius 2 is 1.73 bits per heavy atom. The molecular weight excluding hydrogens is 526 g/mol. The van der Waals surface area contributed by atoms with E-state index < -0.39 is 0 Å². The van der Waals surface area contributed by atoms with E-state index in [1.807, 2.05) is 78.2 Å². The third kappa shape index (κ3) is 5.56. The topological polar surface area (TPSA) is 46.5 Å². The lowest BCUT2D eigenvalue weighted by molar-refractivity contribution is 0.305. The monoisotopic (exact) mass is 541 g/mol. The molecule has 7 heteroatoms. The highest BCUT2D eigenvalue weighted by Gasteiger charge is 2.05. The van der Waals surface area contributed by atoms with Crippen molar-refractivity contribution in [2.24, 2.45) is 5.10 Å². The van der Waals surface area contributed by atoms with E-state index >= 15 is 0 Å². The first-order valence-corrected chi connectivity index (χ1v) is 11.6. The van der Waals surface area contributed by atoms with Crippen LogP contribution >= 0.6 is 43.2 Å². The second-order valence-corrected chi connectivity index (χ2v) is 9.06. The van der Waals surface area contributed by atoms with Crippen molar-refractivity contribution < 1.29 is 4.74 Å². The highest BCUT2D eigenvalue weighted by Crippen LogP contribution is 2.25. The number of hydrogen-bond donors (Lipinski definition) is 1. The maximum Gasteiger partial charge on any atom is 0.203 e. The van der Waals surface area contributed by atoms with E-state index in [1.54, 1.807) is 6.21 Å². The zero-order chi connectivity index (χ0) is 20.8. The first-order valence-electron chi connectivity index (χ1n) is 9.14. The Bertz CT molecular complexity index is 1140. The number of benzene rings is 3. The fourth-order valence-corrected chi connectivity index (χ4v) is 4.03. The van der Waals surface area contributed by atoms with Crippen LogP contribution in [-0.2, 0) is 6.61 Å². The molecule has 4 nitrogen and oxygen atoms in total. The van der Waals surface area contributed by atoms with Gasteiger partial charge in [0.1, 0.15) is 12.4 Å². The molecule has 4 aromatic rings. The van der Waals surface area contributed by atoms with Gasteiger partial charge in [-0.05, 0) is 35.9 Å². The van der Waals surface area contributed by atoms with Crippen LogP contribution in [0.3, 0.4) is 0 Å². The van der Waals surface area contributed by atoms with Crippen molar-refractivity contribution in [3.05, 3.63) is 98.2 Å². The molecule has 3 aromatic carbocycles. The lowest BCUT2D eigenvalue weighted by Crippen LogP contribution is -1.99. The molecule has 0 fully saturated rings. The summed E-state index contributed by atoms with van der Waals surface area (Å²) in [5.74, 6) is 0.760. The zero-order valence-corrected chi connectivity index (χ0v) is 19.7. The van der Waals surface area contributed by atoms with Crippen molar-refractivity contribution in [3.8, 4) is 17.0 Å². The molecule has 150 valence electrons. The number of nitrogens with zero attached hydrogens (tertiary/aromatic N) is 2. The highest BCUT2D eigenvalue weighted by atomic mass is 79.9. The number of halogens is 2. The molecule has 4 rings (SSSR count). The molecule has 0 saturated heterocycles. The predicted molar refractivity (Wildman–Crippen MR) is 131 cm³/mol. The van der Waals surface area contributed by atoms with Gasteiger partial charge in [-0.2, -0.15) is 5.10 Å². The van der Waals surface area contributed by atoms with E-state index in [9.17, 15) is 0 Å². The number of ether oxygens (including phenoxy) is 1. The second-order valence-electron chi connectivity index (χ2n) is 6.37. The first kappa shape index (κ1) is 20.8. The van der Waals surface area contributed by atoms with E-state index in [0.717, 1.165) is 42.2 Å². The molecule has 0 amide bonds. The van der Waals surface area contributed by atoms with Crippen molar-refractivity contribution in [1.82, 2.24) is 4.98 Å². The third-order valence-corrected chi connectivity index (χ3v) is 5.99. The number of hydrogen-bond acceptors (Lipinski definition) is 5. The molecule has 0 aliphatic carbocycles. The molecule has 0 radical (unpaired) electrons. The molecule has 0 spiro atoms. The van der Waals surface area contributed by atoms with Gasteiger partial charge in [0.25, 0.3) is 0 Å². The largest absolute Gasteiger partial charge is 0.488 e. The van der Waals surface area contributed by atoms with Crippen molar-refractivity contribution in [2.45, 2.75) is 6.61 Å². The zero-order valence-electron chi connectivity index (χ0n) is 15.8. The van der Waals surface area contributed by atoms with Gasteiger partial charge in [0.2, 0.25) is 5.13 Å². The number of hydrazone groups is 1. The van der Waals surface area contributed by atoms with Crippen molar-refractivity contribution in [3.63, 3.8) is 0 Å². The van der Waals surface area contributed by atoms with Gasteiger partial charge in [-0.15, -0.1) is 11.3 Å². The third-order valence-electron chi connectivity index (χ3n) is 4.22. The Balaban J connectivity index is 1.43. The summed E-state index contributed by atoms with van der Waals surface area (Å²) in [4.78, 5) is 4.58. The van der Waals surface area contributed by atoms with E-state index in [-0.39, 0.29) is 0 Å². The number of thiazole rings is 1. The summed E-state index contributed by atoms with van der Waals surface area (Å²) in [5.41, 5.74) is 6.99. The van der Waals surface area contributed by atoms with Crippen LogP contribution < -0.4 is 10.2 Å². The average molecular weight is 543 g/mol. The Morgan fingerprint density at radius 3 is 2.53 bits per heavy atom. The molecular formula is C23H17Br2N3OS. The number of rotatable bonds is 7. The van der Waals surface area contributed by atoms with Gasteiger partial charge >= 0.3 is 0 Å². The van der Waals surface area contributed by atoms with Crippen LogP contribution in [0, 0.1) is 0 Å². The second kappa shape index (κ2) is 10.0. The molecule has 1 heterocycles. The lowest BCUT2D eigenvalue weighted by atomic mass is 10.2. The van der Waals surface area contributed by atoms with Crippen molar-refractivity contribution in [1.29, 1.82) is 0 Å². The van der Waals surface area contributed by atoms with Gasteiger partial charge < -0.3 is 4.74 Å². The summed E-state index contributed by atoms with van der Waals surface area (Å²) in [6.45, 7) is 0.482. The molecule has 0 atom stereocenters. The molecule has 0 bridgehead atoms. The predicted octanol–water partition coefficient (Wildman–Crippen LogP) is 7.36. The van der Waals surface area contributed by atoms with Gasteiger partial charge in [-0.3, -0.25) is 5.43 Å². The molecule has 0 unspecified atom stereocenters. The van der Waals surface area contributed by atoms with Gasteiger partial charge in [0.05, 0.1) is 11.9 Å². The first-order chi connectivity index (χ1) is 14.7. The summed E-state index contributed by atoms with van der Waals surface area (Å²) in [6, 6.07) is 24.0. The van der Waals surface area contributed by atoms with Gasteiger partial charge in [0, 0.05) is 25.5 Å². The summed E-state index contributed by atoms with van der Waals surface area (Å²) in [5, 5.41) is 7.10. The minimum Gasteiger partial charge on any atom is -0.488 e. The number of anilines is 1. The van der Waals surface area contributed by atoms with Crippen molar-refractivity contribution in [2.75, 3.05) is 5.43 Å². The molecule has 0 aliphatic rings. The van der Waals surface area contributed by atoms with Crippen molar-refractivity contribution >= 4 is 54.5 Å². The molecule has 1 aromatic heterocycles. The Kier molecular flexibility index (Phi) is 6.94. The number of nitrogens with one attached hydrogen (secondary N) is 1. The highest BCUT2D eigenvalue weighted by molar-refractivity contribution is 9.10. The molecule has 0 saturated carbocycles. The Labute approximate surface area is 195 Å². The maximum absolute atomic E-state index is 6.01. The quantitative estimate of drug-likeness (QED) is 0.196. The van der Waals surface area contributed by atoms with Crippen LogP contribution in [0.15, 0.2) is 92.2 Å². The lowest BCUT2D eigenvalue weighted by Gasteiger charge is -2.10. The van der Waals surface area contributed by atoms with E-state index in [2.05, 4.69) is 47.4 Å². The van der Waals surface area contributed by atoms with Crippen LogP contribution in [0.4, 0.5) is 5.13 Å². The Morgan fingerprint density at radius 1 is 0.967 bits per heavy atom. The van der Waals surface area contributed by atoms with Crippen LogP contribution in [0.2, 0.25) is 0 Å². The standard InChI is InChI=1S/C23H17Br2N3OS/c24-19-8-6-16(7-9-19)14-29-22-11-10-20(25)12-18(22)13-26-28-23-27-21(15-30-23)17-4-2-1-3-5-17/h1-13,15H,14H2,(H,27,28). The fourth-order valence-electron chi connectivity index (χ4n) is 2.72. The van der Waals surface area contributed by atoms with E-state index in [0.29, 0.717) is 6.61 Å². The fraction of sp³-hybridized carbons (Fsp3) is 0.0435. The molecule has 1 N–H and O–H groups in total. The maximum atomic E-state index is 6.01. The summed E-state index contributed by atoms with van der Waals surface area (Å²) in [6.07, 6.45) is 1.74. The van der Waals surface area contributed by atoms with Gasteiger partial charge in [-0.1, -0.05) is 74.3 Å². The average Bonchev–Trinajstić information content (AvgIpc) is 3.24. The number of aromatic nitrogens is 1. The SMILES string of the molecule is Brc1ccc(COc2ccc(Br)cc2C=NNc2nc(-c3ccccc3)cs2)cc1. The molecule has 30 heavy (non-hydrogen) atoms. The summed E-state index contributed by atoms with van der Waals surface area (Å²) < 4.78 is 8.02. The minimum absolute atomic E-state index is 0.482. The molecule has 0 aliphatic heterocycles. The normalized spacial score (nSPS) is 11.0. The van der Waals surface area contributed by atoms with Gasteiger partial charge in [-0.25, -0.2) is 4.98 Å². The summed E-state index contributed by atoms with van der Waals surface area (Å²) in [7, 11) is 0.